The second-order valence-corrected chi connectivity index (χ2v) is 7.39. The fourth-order valence-corrected chi connectivity index (χ4v) is 3.80. The molecule has 1 atom stereocenters. The summed E-state index contributed by atoms with van der Waals surface area (Å²) < 4.78 is 32.8. The first-order valence-corrected chi connectivity index (χ1v) is 9.11. The van der Waals surface area contributed by atoms with Crippen molar-refractivity contribution in [3.8, 4) is 5.75 Å². The Balaban J connectivity index is 2.01. The van der Waals surface area contributed by atoms with Crippen molar-refractivity contribution < 1.29 is 13.2 Å². The largest absolute Gasteiger partial charge is 0.496 e. The first-order valence-electron chi connectivity index (χ1n) is 7.63. The molecule has 0 amide bonds. The number of hydrogen-bond acceptors (Lipinski definition) is 3. The number of rotatable bonds is 7. The van der Waals surface area contributed by atoms with Crippen LogP contribution in [0.3, 0.4) is 0 Å². The number of nitrogens with one attached hydrogen (secondary N) is 1. The Bertz CT molecular complexity index is 742. The third-order valence-corrected chi connectivity index (χ3v) is 5.33. The van der Waals surface area contributed by atoms with Crippen LogP contribution in [0.15, 0.2) is 53.4 Å². The highest BCUT2D eigenvalue weighted by Crippen LogP contribution is 2.21. The summed E-state index contributed by atoms with van der Waals surface area (Å²) in [5.41, 5.74) is 2.01. The quantitative estimate of drug-likeness (QED) is 0.846. The van der Waals surface area contributed by atoms with E-state index in [0.29, 0.717) is 5.75 Å². The van der Waals surface area contributed by atoms with Crippen LogP contribution in [0.2, 0.25) is 0 Å². The van der Waals surface area contributed by atoms with Crippen LogP contribution in [0.5, 0.6) is 5.75 Å². The summed E-state index contributed by atoms with van der Waals surface area (Å²) in [6.07, 6.45) is 1.59. The van der Waals surface area contributed by atoms with E-state index < -0.39 is 10.0 Å². The van der Waals surface area contributed by atoms with Crippen LogP contribution in [-0.2, 0) is 16.4 Å². The minimum atomic E-state index is -3.52. The van der Waals surface area contributed by atoms with E-state index in [4.69, 9.17) is 4.74 Å². The summed E-state index contributed by atoms with van der Waals surface area (Å²) in [7, 11) is -1.95. The molecule has 1 N–H and O–H groups in total. The topological polar surface area (TPSA) is 55.4 Å². The molecule has 0 aliphatic carbocycles. The molecule has 0 aromatic heterocycles. The van der Waals surface area contributed by atoms with Crippen molar-refractivity contribution in [1.29, 1.82) is 0 Å². The summed E-state index contributed by atoms with van der Waals surface area (Å²) >= 11 is 0. The first kappa shape index (κ1) is 17.5. The van der Waals surface area contributed by atoms with Gasteiger partial charge in [0.2, 0.25) is 10.0 Å². The lowest BCUT2D eigenvalue weighted by Crippen LogP contribution is -2.33. The normalized spacial score (nSPS) is 12.8. The van der Waals surface area contributed by atoms with Crippen LogP contribution in [0.1, 0.15) is 24.5 Å². The van der Waals surface area contributed by atoms with Gasteiger partial charge in [0, 0.05) is 6.04 Å². The molecule has 23 heavy (non-hydrogen) atoms. The Labute approximate surface area is 138 Å². The van der Waals surface area contributed by atoms with Gasteiger partial charge in [-0.1, -0.05) is 30.3 Å². The molecule has 0 heterocycles. The lowest BCUT2D eigenvalue weighted by atomic mass is 10.1. The number of methoxy groups -OCH3 is 1. The zero-order valence-corrected chi connectivity index (χ0v) is 14.6. The van der Waals surface area contributed by atoms with Crippen LogP contribution in [-0.4, -0.2) is 21.6 Å². The van der Waals surface area contributed by atoms with Crippen LogP contribution in [0, 0.1) is 6.92 Å². The van der Waals surface area contributed by atoms with E-state index in [9.17, 15) is 8.42 Å². The molecule has 0 unspecified atom stereocenters. The smallest absolute Gasteiger partial charge is 0.240 e. The Hall–Kier alpha value is -1.85. The van der Waals surface area contributed by atoms with Crippen LogP contribution in [0.25, 0.3) is 0 Å². The number of benzene rings is 2. The zero-order valence-electron chi connectivity index (χ0n) is 13.7. The fraction of sp³-hybridized carbons (Fsp3) is 0.333. The van der Waals surface area contributed by atoms with Crippen molar-refractivity contribution in [2.45, 2.75) is 37.6 Å². The Morgan fingerprint density at radius 1 is 1.13 bits per heavy atom. The minimum absolute atomic E-state index is 0.136. The SMILES string of the molecule is COc1ccc(S(=O)(=O)N[C@@H](C)CCc2ccccc2)cc1C. The maximum atomic E-state index is 12.5. The van der Waals surface area contributed by atoms with Gasteiger partial charge >= 0.3 is 0 Å². The molecule has 0 aliphatic rings. The molecule has 124 valence electrons. The highest BCUT2D eigenvalue weighted by Gasteiger charge is 2.18. The second-order valence-electron chi connectivity index (χ2n) is 5.68. The third kappa shape index (κ3) is 4.81. The summed E-state index contributed by atoms with van der Waals surface area (Å²) in [4.78, 5) is 0.266. The van der Waals surface area contributed by atoms with Gasteiger partial charge in [-0.05, 0) is 56.0 Å². The van der Waals surface area contributed by atoms with Gasteiger partial charge in [0.15, 0.2) is 0 Å². The van der Waals surface area contributed by atoms with E-state index in [0.717, 1.165) is 18.4 Å². The maximum Gasteiger partial charge on any atom is 0.240 e. The molecule has 0 fully saturated rings. The molecule has 0 saturated heterocycles. The Morgan fingerprint density at radius 3 is 2.43 bits per heavy atom. The standard InChI is InChI=1S/C18H23NO3S/c1-14-13-17(11-12-18(14)22-3)23(20,21)19-15(2)9-10-16-7-5-4-6-8-16/h4-8,11-13,15,19H,9-10H2,1-3H3/t15-/m0/s1. The van der Waals surface area contributed by atoms with Crippen molar-refractivity contribution in [1.82, 2.24) is 4.72 Å². The molecule has 4 nitrogen and oxygen atoms in total. The van der Waals surface area contributed by atoms with E-state index in [1.165, 1.54) is 5.56 Å². The molecular weight excluding hydrogens is 310 g/mol. The lowest BCUT2D eigenvalue weighted by molar-refractivity contribution is 0.411. The molecular formula is C18H23NO3S. The van der Waals surface area contributed by atoms with Crippen molar-refractivity contribution in [2.24, 2.45) is 0 Å². The van der Waals surface area contributed by atoms with Gasteiger partial charge in [-0.15, -0.1) is 0 Å². The van der Waals surface area contributed by atoms with Gasteiger partial charge in [-0.2, -0.15) is 0 Å². The van der Waals surface area contributed by atoms with Crippen LogP contribution < -0.4 is 9.46 Å². The molecule has 2 aromatic rings. The first-order chi connectivity index (χ1) is 10.9. The fourth-order valence-electron chi connectivity index (χ4n) is 2.44. The van der Waals surface area contributed by atoms with Crippen LogP contribution in [0.4, 0.5) is 0 Å². The predicted octanol–water partition coefficient (Wildman–Crippen LogP) is 3.30. The van der Waals surface area contributed by atoms with Crippen molar-refractivity contribution in [3.63, 3.8) is 0 Å². The molecule has 0 spiro atoms. The van der Waals surface area contributed by atoms with E-state index in [-0.39, 0.29) is 10.9 Å². The van der Waals surface area contributed by atoms with Gasteiger partial charge in [0.25, 0.3) is 0 Å². The van der Waals surface area contributed by atoms with Crippen molar-refractivity contribution >= 4 is 10.0 Å². The maximum absolute atomic E-state index is 12.5. The molecule has 0 saturated carbocycles. The summed E-state index contributed by atoms with van der Waals surface area (Å²) in [5.74, 6) is 0.682. The highest BCUT2D eigenvalue weighted by atomic mass is 32.2. The number of sulfonamides is 1. The molecule has 5 heteroatoms. The predicted molar refractivity (Wildman–Crippen MR) is 92.3 cm³/mol. The Kier molecular flexibility index (Phi) is 5.80. The van der Waals surface area contributed by atoms with Gasteiger partial charge < -0.3 is 4.74 Å². The van der Waals surface area contributed by atoms with Gasteiger partial charge in [-0.3, -0.25) is 0 Å². The lowest BCUT2D eigenvalue weighted by Gasteiger charge is -2.15. The minimum Gasteiger partial charge on any atom is -0.496 e. The molecule has 0 radical (unpaired) electrons. The van der Waals surface area contributed by atoms with E-state index in [1.54, 1.807) is 25.3 Å². The van der Waals surface area contributed by atoms with Gasteiger partial charge in [-0.25, -0.2) is 13.1 Å². The summed E-state index contributed by atoms with van der Waals surface area (Å²) in [6, 6.07) is 14.8. The number of aryl methyl sites for hydroxylation is 2. The zero-order chi connectivity index (χ0) is 16.9. The van der Waals surface area contributed by atoms with Gasteiger partial charge in [0.1, 0.15) is 5.75 Å². The molecule has 2 aromatic carbocycles. The number of hydrogen-bond donors (Lipinski definition) is 1. The van der Waals surface area contributed by atoms with Gasteiger partial charge in [0.05, 0.1) is 12.0 Å². The third-order valence-electron chi connectivity index (χ3n) is 3.74. The Morgan fingerprint density at radius 2 is 1.83 bits per heavy atom. The van der Waals surface area contributed by atoms with Crippen molar-refractivity contribution in [3.05, 3.63) is 59.7 Å². The molecule has 2 rings (SSSR count). The van der Waals surface area contributed by atoms with Crippen LogP contribution >= 0.6 is 0 Å². The van der Waals surface area contributed by atoms with E-state index in [2.05, 4.69) is 4.72 Å². The molecule has 0 aliphatic heterocycles. The summed E-state index contributed by atoms with van der Waals surface area (Å²) in [5, 5.41) is 0. The monoisotopic (exact) mass is 333 g/mol. The van der Waals surface area contributed by atoms with E-state index >= 15 is 0 Å². The van der Waals surface area contributed by atoms with E-state index in [1.807, 2.05) is 44.2 Å². The highest BCUT2D eigenvalue weighted by molar-refractivity contribution is 7.89. The second kappa shape index (κ2) is 7.62. The average Bonchev–Trinajstić information content (AvgIpc) is 2.53. The average molecular weight is 333 g/mol. The summed E-state index contributed by atoms with van der Waals surface area (Å²) in [6.45, 7) is 3.72. The number of ether oxygens (including phenoxy) is 1. The molecule has 0 bridgehead atoms. The van der Waals surface area contributed by atoms with Crippen molar-refractivity contribution in [2.75, 3.05) is 7.11 Å².